The Balaban J connectivity index is 2.29. The Morgan fingerprint density at radius 1 is 1.24 bits per heavy atom. The molecule has 4 N–H and O–H groups in total. The summed E-state index contributed by atoms with van der Waals surface area (Å²) in [4.78, 5) is 25.9. The number of aromatic carboxylic acids is 1. The van der Waals surface area contributed by atoms with Gasteiger partial charge in [0.15, 0.2) is 0 Å². The highest BCUT2D eigenvalue weighted by Crippen LogP contribution is 2.25. The molecule has 0 spiro atoms. The van der Waals surface area contributed by atoms with Crippen LogP contribution in [0.2, 0.25) is 0 Å². The fourth-order valence-corrected chi connectivity index (χ4v) is 1.76. The number of nitrogens with one attached hydrogen (secondary N) is 1. The highest BCUT2D eigenvalue weighted by atomic mass is 16.5. The second-order valence-electron chi connectivity index (χ2n) is 4.14. The number of carboxylic acids is 1. The van der Waals surface area contributed by atoms with Crippen molar-refractivity contribution in [3.63, 3.8) is 0 Å². The van der Waals surface area contributed by atoms with Gasteiger partial charge in [-0.25, -0.2) is 4.79 Å². The summed E-state index contributed by atoms with van der Waals surface area (Å²) in [7, 11) is 1.39. The van der Waals surface area contributed by atoms with Gasteiger partial charge in [-0.05, 0) is 24.3 Å². The molecule has 1 amide bonds. The number of nitrogens with zero attached hydrogens (tertiary/aromatic N) is 1. The van der Waals surface area contributed by atoms with E-state index in [4.69, 9.17) is 15.6 Å². The molecule has 0 aliphatic heterocycles. The summed E-state index contributed by atoms with van der Waals surface area (Å²) in [5.74, 6) is -1.47. The number of aromatic nitrogens is 1. The summed E-state index contributed by atoms with van der Waals surface area (Å²) in [5, 5.41) is 12.0. The Morgan fingerprint density at radius 3 is 2.57 bits per heavy atom. The molecule has 7 heteroatoms. The molecule has 2 rings (SSSR count). The number of nitrogens with two attached hydrogens (primary N) is 1. The van der Waals surface area contributed by atoms with Gasteiger partial charge in [-0.3, -0.25) is 9.78 Å². The first-order valence-electron chi connectivity index (χ1n) is 5.95. The van der Waals surface area contributed by atoms with E-state index >= 15 is 0 Å². The highest BCUT2D eigenvalue weighted by Gasteiger charge is 2.11. The third-order valence-electron chi connectivity index (χ3n) is 2.73. The summed E-state index contributed by atoms with van der Waals surface area (Å²) in [5.41, 5.74) is 6.57. The average Bonchev–Trinajstić information content (AvgIpc) is 2.47. The third kappa shape index (κ3) is 3.27. The number of ether oxygens (including phenoxy) is 1. The number of hydrogen-bond donors (Lipinski definition) is 3. The molecule has 0 bridgehead atoms. The molecule has 0 aliphatic carbocycles. The van der Waals surface area contributed by atoms with Crippen LogP contribution in [0, 0.1) is 0 Å². The predicted octanol–water partition coefficient (Wildman–Crippen LogP) is 1.63. The van der Waals surface area contributed by atoms with Crippen LogP contribution >= 0.6 is 0 Å². The average molecular weight is 287 g/mol. The monoisotopic (exact) mass is 287 g/mol. The first-order valence-corrected chi connectivity index (χ1v) is 5.95. The van der Waals surface area contributed by atoms with Crippen molar-refractivity contribution in [2.45, 2.75) is 0 Å². The number of methoxy groups -OCH3 is 1. The maximum Gasteiger partial charge on any atom is 0.339 e. The summed E-state index contributed by atoms with van der Waals surface area (Å²) in [6.07, 6.45) is 1.45. The molecule has 2 aromatic rings. The molecule has 0 saturated heterocycles. The fourth-order valence-electron chi connectivity index (χ4n) is 1.76. The minimum absolute atomic E-state index is 0.0654. The van der Waals surface area contributed by atoms with Gasteiger partial charge in [0.1, 0.15) is 17.0 Å². The van der Waals surface area contributed by atoms with Crippen LogP contribution in [-0.2, 0) is 0 Å². The maximum absolute atomic E-state index is 11.1. The van der Waals surface area contributed by atoms with E-state index in [1.165, 1.54) is 25.4 Å². The molecule has 1 heterocycles. The number of hydrogen-bond acceptors (Lipinski definition) is 5. The number of carboxylic acid groups (broad SMARTS) is 1. The number of primary amides is 1. The van der Waals surface area contributed by atoms with E-state index in [9.17, 15) is 9.59 Å². The molecule has 21 heavy (non-hydrogen) atoms. The van der Waals surface area contributed by atoms with Gasteiger partial charge in [0.05, 0.1) is 7.11 Å². The molecule has 108 valence electrons. The Morgan fingerprint density at radius 2 is 1.95 bits per heavy atom. The lowest BCUT2D eigenvalue weighted by atomic mass is 10.1. The topological polar surface area (TPSA) is 115 Å². The Labute approximate surface area is 120 Å². The van der Waals surface area contributed by atoms with Gasteiger partial charge in [0.25, 0.3) is 5.91 Å². The fraction of sp³-hybridized carbons (Fsp3) is 0.0714. The standard InChI is InChI=1S/C14H13N3O4/c1-21-12-7-8(2-3-10(12)14(19)20)17-9-4-5-16-11(6-9)13(15)18/h2-7H,1H3,(H2,15,18)(H,16,17)(H,19,20). The van der Waals surface area contributed by atoms with Crippen LogP contribution in [0.1, 0.15) is 20.8 Å². The Hall–Kier alpha value is -3.09. The zero-order valence-corrected chi connectivity index (χ0v) is 11.2. The first kappa shape index (κ1) is 14.3. The lowest BCUT2D eigenvalue weighted by Gasteiger charge is -2.10. The number of carbonyl (C=O) groups is 2. The molecular formula is C14H13N3O4. The molecule has 1 aromatic heterocycles. The van der Waals surface area contributed by atoms with Crippen molar-refractivity contribution in [3.8, 4) is 5.75 Å². The van der Waals surface area contributed by atoms with Crippen LogP contribution in [0.3, 0.4) is 0 Å². The molecule has 0 unspecified atom stereocenters. The molecule has 0 radical (unpaired) electrons. The largest absolute Gasteiger partial charge is 0.496 e. The minimum atomic E-state index is -1.07. The molecule has 0 atom stereocenters. The number of pyridine rings is 1. The van der Waals surface area contributed by atoms with Gasteiger partial charge in [-0.1, -0.05) is 0 Å². The van der Waals surface area contributed by atoms with Crippen molar-refractivity contribution in [1.29, 1.82) is 0 Å². The van der Waals surface area contributed by atoms with Gasteiger partial charge in [-0.2, -0.15) is 0 Å². The van der Waals surface area contributed by atoms with E-state index in [1.807, 2.05) is 0 Å². The van der Waals surface area contributed by atoms with E-state index < -0.39 is 11.9 Å². The number of carbonyl (C=O) groups excluding carboxylic acids is 1. The van der Waals surface area contributed by atoms with Crippen molar-refractivity contribution in [2.24, 2.45) is 5.73 Å². The Kier molecular flexibility index (Phi) is 4.03. The summed E-state index contributed by atoms with van der Waals surface area (Å²) in [6, 6.07) is 7.73. The molecule has 1 aromatic carbocycles. The van der Waals surface area contributed by atoms with Crippen molar-refractivity contribution < 1.29 is 19.4 Å². The molecule has 0 saturated carbocycles. The van der Waals surface area contributed by atoms with Crippen LogP contribution in [0.15, 0.2) is 36.5 Å². The van der Waals surface area contributed by atoms with Crippen molar-refractivity contribution in [3.05, 3.63) is 47.8 Å². The molecular weight excluding hydrogens is 274 g/mol. The second-order valence-corrected chi connectivity index (χ2v) is 4.14. The SMILES string of the molecule is COc1cc(Nc2ccnc(C(N)=O)c2)ccc1C(=O)O. The number of benzene rings is 1. The lowest BCUT2D eigenvalue weighted by molar-refractivity contribution is 0.0693. The lowest BCUT2D eigenvalue weighted by Crippen LogP contribution is -2.13. The quantitative estimate of drug-likeness (QED) is 0.770. The molecule has 0 aliphatic rings. The third-order valence-corrected chi connectivity index (χ3v) is 2.73. The Bertz CT molecular complexity index is 700. The van der Waals surface area contributed by atoms with Gasteiger partial charge in [-0.15, -0.1) is 0 Å². The summed E-state index contributed by atoms with van der Waals surface area (Å²) >= 11 is 0. The van der Waals surface area contributed by atoms with E-state index in [2.05, 4.69) is 10.3 Å². The number of amides is 1. The van der Waals surface area contributed by atoms with Crippen molar-refractivity contribution >= 4 is 23.3 Å². The molecule has 7 nitrogen and oxygen atoms in total. The highest BCUT2D eigenvalue weighted by molar-refractivity contribution is 5.92. The second kappa shape index (κ2) is 5.91. The van der Waals surface area contributed by atoms with Crippen LogP contribution in [-0.4, -0.2) is 29.1 Å². The van der Waals surface area contributed by atoms with E-state index in [1.54, 1.807) is 18.2 Å². The van der Waals surface area contributed by atoms with Crippen molar-refractivity contribution in [2.75, 3.05) is 12.4 Å². The summed E-state index contributed by atoms with van der Waals surface area (Å²) in [6.45, 7) is 0. The van der Waals surface area contributed by atoms with Gasteiger partial charge in [0, 0.05) is 23.6 Å². The number of rotatable bonds is 5. The zero-order valence-electron chi connectivity index (χ0n) is 11.2. The van der Waals surface area contributed by atoms with Gasteiger partial charge < -0.3 is 20.9 Å². The summed E-state index contributed by atoms with van der Waals surface area (Å²) < 4.78 is 5.04. The van der Waals surface area contributed by atoms with Crippen LogP contribution in [0.25, 0.3) is 0 Å². The van der Waals surface area contributed by atoms with Crippen LogP contribution in [0.5, 0.6) is 5.75 Å². The van der Waals surface area contributed by atoms with Gasteiger partial charge in [0.2, 0.25) is 0 Å². The normalized spacial score (nSPS) is 9.95. The van der Waals surface area contributed by atoms with Crippen LogP contribution in [0.4, 0.5) is 11.4 Å². The van der Waals surface area contributed by atoms with E-state index in [-0.39, 0.29) is 17.0 Å². The van der Waals surface area contributed by atoms with E-state index in [0.29, 0.717) is 11.4 Å². The zero-order chi connectivity index (χ0) is 15.4. The number of anilines is 2. The smallest absolute Gasteiger partial charge is 0.339 e. The maximum atomic E-state index is 11.1. The molecule has 0 fully saturated rings. The minimum Gasteiger partial charge on any atom is -0.496 e. The van der Waals surface area contributed by atoms with E-state index in [0.717, 1.165) is 0 Å². The van der Waals surface area contributed by atoms with Crippen molar-refractivity contribution in [1.82, 2.24) is 4.98 Å². The predicted molar refractivity (Wildman–Crippen MR) is 76.0 cm³/mol. The van der Waals surface area contributed by atoms with Gasteiger partial charge >= 0.3 is 5.97 Å². The van der Waals surface area contributed by atoms with Crippen LogP contribution < -0.4 is 15.8 Å². The first-order chi connectivity index (χ1) is 10.0.